The summed E-state index contributed by atoms with van der Waals surface area (Å²) in [5.74, 6) is 1.89. The first-order valence-electron chi connectivity index (χ1n) is 10.2. The SMILES string of the molecule is C[N-]C(C)(C)[C@H]1CC[C@@](C)([C@@H]2CC[C@@](C)([N-]C)[C@H]3CCC(C)=C[C@@H]23)O1. The van der Waals surface area contributed by atoms with Crippen LogP contribution in [0.3, 0.4) is 0 Å². The first-order chi connectivity index (χ1) is 11.6. The van der Waals surface area contributed by atoms with Gasteiger partial charge in [-0.1, -0.05) is 38.8 Å². The van der Waals surface area contributed by atoms with E-state index in [-0.39, 0.29) is 22.8 Å². The van der Waals surface area contributed by atoms with Crippen molar-refractivity contribution in [3.8, 4) is 0 Å². The monoisotopic (exact) mass is 346 g/mol. The zero-order valence-electron chi connectivity index (χ0n) is 17.4. The van der Waals surface area contributed by atoms with Gasteiger partial charge in [-0.2, -0.15) is 14.1 Å². The third-order valence-corrected chi connectivity index (χ3v) is 7.99. The summed E-state index contributed by atoms with van der Waals surface area (Å²) in [6.07, 6.45) is 10.1. The molecule has 0 aromatic carbocycles. The minimum Gasteiger partial charge on any atom is -0.659 e. The van der Waals surface area contributed by atoms with Gasteiger partial charge in [0.05, 0.1) is 5.60 Å². The quantitative estimate of drug-likeness (QED) is 0.588. The fourth-order valence-corrected chi connectivity index (χ4v) is 5.82. The lowest BCUT2D eigenvalue weighted by molar-refractivity contribution is -0.113. The Morgan fingerprint density at radius 3 is 2.44 bits per heavy atom. The standard InChI is InChI=1S/C22H38N2O/c1-15-8-9-17-16(14-15)18(10-12-21(17,4)24-7)22(5)13-11-19(25-22)20(2,3)23-6/h14,16-19H,8-13H2,1-7H3/q-2/t16-,17+,18-,19-,21-,22+/m1/s1. The Labute approximate surface area is 155 Å². The van der Waals surface area contributed by atoms with Crippen LogP contribution in [0, 0.1) is 17.8 Å². The van der Waals surface area contributed by atoms with E-state index in [1.807, 2.05) is 14.1 Å². The van der Waals surface area contributed by atoms with Gasteiger partial charge in [0.15, 0.2) is 0 Å². The van der Waals surface area contributed by atoms with Crippen LogP contribution in [0.1, 0.15) is 73.1 Å². The third-order valence-electron chi connectivity index (χ3n) is 7.99. The molecule has 0 bridgehead atoms. The van der Waals surface area contributed by atoms with Gasteiger partial charge in [0.2, 0.25) is 0 Å². The van der Waals surface area contributed by atoms with Gasteiger partial charge < -0.3 is 15.4 Å². The van der Waals surface area contributed by atoms with E-state index in [4.69, 9.17) is 10.1 Å². The first kappa shape index (κ1) is 19.4. The average Bonchev–Trinajstić information content (AvgIpc) is 2.99. The van der Waals surface area contributed by atoms with Crippen molar-refractivity contribution in [1.82, 2.24) is 0 Å². The van der Waals surface area contributed by atoms with Crippen LogP contribution in [0.4, 0.5) is 0 Å². The largest absolute Gasteiger partial charge is 0.659 e. The fraction of sp³-hybridized carbons (Fsp3) is 0.909. The van der Waals surface area contributed by atoms with Gasteiger partial charge in [0, 0.05) is 6.10 Å². The molecule has 0 amide bonds. The van der Waals surface area contributed by atoms with Crippen molar-refractivity contribution in [1.29, 1.82) is 0 Å². The van der Waals surface area contributed by atoms with Crippen LogP contribution in [0.25, 0.3) is 10.6 Å². The summed E-state index contributed by atoms with van der Waals surface area (Å²) >= 11 is 0. The Morgan fingerprint density at radius 1 is 1.08 bits per heavy atom. The number of nitrogens with zero attached hydrogens (tertiary/aromatic N) is 2. The second kappa shape index (κ2) is 6.65. The van der Waals surface area contributed by atoms with Crippen molar-refractivity contribution in [3.63, 3.8) is 0 Å². The maximum absolute atomic E-state index is 6.78. The zero-order valence-corrected chi connectivity index (χ0v) is 17.4. The number of likely N-dealkylation sites (N-methyl/N-ethyl adjacent to an activating group) is 1. The minimum absolute atomic E-state index is 0.0151. The zero-order chi connectivity index (χ0) is 18.5. The molecule has 6 atom stereocenters. The number of allylic oxidation sites excluding steroid dienone is 2. The second-order valence-electron chi connectivity index (χ2n) is 9.80. The molecular weight excluding hydrogens is 308 g/mol. The van der Waals surface area contributed by atoms with E-state index in [0.29, 0.717) is 17.8 Å². The second-order valence-corrected chi connectivity index (χ2v) is 9.80. The molecule has 1 saturated heterocycles. The number of hydrogen-bond acceptors (Lipinski definition) is 1. The molecule has 3 heteroatoms. The summed E-state index contributed by atoms with van der Waals surface area (Å²) in [6.45, 7) is 11.5. The number of fused-ring (bicyclic) bond motifs is 1. The minimum atomic E-state index is -0.0859. The van der Waals surface area contributed by atoms with Crippen LogP contribution in [-0.4, -0.2) is 36.9 Å². The van der Waals surface area contributed by atoms with Crippen LogP contribution in [0.5, 0.6) is 0 Å². The molecule has 0 aromatic rings. The molecule has 0 radical (unpaired) electrons. The highest BCUT2D eigenvalue weighted by Crippen LogP contribution is 2.56. The fourth-order valence-electron chi connectivity index (χ4n) is 5.82. The van der Waals surface area contributed by atoms with Crippen molar-refractivity contribution in [2.45, 2.75) is 95.9 Å². The van der Waals surface area contributed by atoms with E-state index >= 15 is 0 Å². The average molecular weight is 347 g/mol. The summed E-state index contributed by atoms with van der Waals surface area (Å²) in [5.41, 5.74) is 1.61. The highest BCUT2D eigenvalue weighted by molar-refractivity contribution is 5.21. The summed E-state index contributed by atoms with van der Waals surface area (Å²) in [7, 11) is 3.95. The Hall–Kier alpha value is -0.380. The van der Waals surface area contributed by atoms with E-state index in [0.717, 1.165) is 12.8 Å². The molecule has 0 unspecified atom stereocenters. The highest BCUT2D eigenvalue weighted by atomic mass is 16.5. The van der Waals surface area contributed by atoms with Crippen LogP contribution < -0.4 is 0 Å². The number of hydrogen-bond donors (Lipinski definition) is 0. The molecule has 0 N–H and O–H groups in total. The van der Waals surface area contributed by atoms with Crippen LogP contribution >= 0.6 is 0 Å². The molecule has 0 spiro atoms. The lowest BCUT2D eigenvalue weighted by Crippen LogP contribution is -2.53. The van der Waals surface area contributed by atoms with Gasteiger partial charge in [-0.05, 0) is 63.7 Å². The molecule has 3 rings (SSSR count). The Kier molecular flexibility index (Phi) is 5.16. The van der Waals surface area contributed by atoms with Gasteiger partial charge in [-0.15, -0.1) is 11.1 Å². The Bertz CT molecular complexity index is 528. The molecule has 1 aliphatic heterocycles. The predicted octanol–water partition coefficient (Wildman–Crippen LogP) is 5.85. The molecule has 144 valence electrons. The van der Waals surface area contributed by atoms with Crippen LogP contribution in [0.2, 0.25) is 0 Å². The lowest BCUT2D eigenvalue weighted by Gasteiger charge is -2.60. The van der Waals surface area contributed by atoms with Crippen molar-refractivity contribution in [2.24, 2.45) is 17.8 Å². The lowest BCUT2D eigenvalue weighted by atomic mass is 9.56. The predicted molar refractivity (Wildman–Crippen MR) is 106 cm³/mol. The maximum atomic E-state index is 6.78. The molecule has 2 aliphatic carbocycles. The summed E-state index contributed by atoms with van der Waals surface area (Å²) in [5, 5.41) is 9.45. The number of rotatable bonds is 4. The topological polar surface area (TPSA) is 37.4 Å². The Morgan fingerprint density at radius 2 is 1.80 bits per heavy atom. The summed E-state index contributed by atoms with van der Waals surface area (Å²) in [6, 6.07) is 0. The summed E-state index contributed by atoms with van der Waals surface area (Å²) < 4.78 is 6.78. The third kappa shape index (κ3) is 3.33. The molecule has 25 heavy (non-hydrogen) atoms. The van der Waals surface area contributed by atoms with E-state index in [9.17, 15) is 0 Å². The van der Waals surface area contributed by atoms with Gasteiger partial charge in [-0.3, -0.25) is 0 Å². The van der Waals surface area contributed by atoms with Gasteiger partial charge >= 0.3 is 0 Å². The Balaban J connectivity index is 1.86. The smallest absolute Gasteiger partial charge is 0.0692 e. The molecule has 1 saturated carbocycles. The molecule has 3 aliphatic rings. The van der Waals surface area contributed by atoms with E-state index in [1.165, 1.54) is 25.7 Å². The van der Waals surface area contributed by atoms with Crippen molar-refractivity contribution in [3.05, 3.63) is 22.3 Å². The van der Waals surface area contributed by atoms with Crippen LogP contribution in [0.15, 0.2) is 11.6 Å². The van der Waals surface area contributed by atoms with Gasteiger partial charge in [0.25, 0.3) is 0 Å². The van der Waals surface area contributed by atoms with E-state index in [1.54, 1.807) is 5.57 Å². The van der Waals surface area contributed by atoms with E-state index < -0.39 is 0 Å². The van der Waals surface area contributed by atoms with Crippen molar-refractivity contribution < 1.29 is 4.74 Å². The summed E-state index contributed by atoms with van der Waals surface area (Å²) in [4.78, 5) is 0. The molecule has 3 nitrogen and oxygen atoms in total. The molecular formula is C22H38N2O-2. The van der Waals surface area contributed by atoms with Gasteiger partial charge in [0.1, 0.15) is 0 Å². The molecule has 2 fully saturated rings. The number of ether oxygens (including phenoxy) is 1. The van der Waals surface area contributed by atoms with Crippen LogP contribution in [-0.2, 0) is 4.74 Å². The molecule has 0 aromatic heterocycles. The van der Waals surface area contributed by atoms with Crippen molar-refractivity contribution >= 4 is 0 Å². The van der Waals surface area contributed by atoms with Gasteiger partial charge in [-0.25, -0.2) is 0 Å². The molecule has 1 heterocycles. The van der Waals surface area contributed by atoms with Crippen molar-refractivity contribution in [2.75, 3.05) is 14.1 Å². The normalized spacial score (nSPS) is 45.2. The first-order valence-corrected chi connectivity index (χ1v) is 10.2. The highest BCUT2D eigenvalue weighted by Gasteiger charge is 2.52. The maximum Gasteiger partial charge on any atom is 0.0692 e. The van der Waals surface area contributed by atoms with E-state index in [2.05, 4.69) is 46.0 Å².